The summed E-state index contributed by atoms with van der Waals surface area (Å²) in [6.45, 7) is 7.69. The van der Waals surface area contributed by atoms with Crippen LogP contribution in [0.5, 0.6) is 17.2 Å². The van der Waals surface area contributed by atoms with Gasteiger partial charge in [0.1, 0.15) is 11.4 Å². The lowest BCUT2D eigenvalue weighted by atomic mass is 9.90. The van der Waals surface area contributed by atoms with Crippen LogP contribution in [0, 0.1) is 0 Å². The van der Waals surface area contributed by atoms with Gasteiger partial charge in [-0.05, 0) is 51.0 Å². The minimum Gasteiger partial charge on any atom is -0.504 e. The zero-order valence-electron chi connectivity index (χ0n) is 17.7. The van der Waals surface area contributed by atoms with Crippen LogP contribution in [0.25, 0.3) is 0 Å². The van der Waals surface area contributed by atoms with Crippen LogP contribution in [-0.2, 0) is 6.42 Å². The van der Waals surface area contributed by atoms with E-state index in [9.17, 15) is 5.11 Å². The summed E-state index contributed by atoms with van der Waals surface area (Å²) in [7, 11) is 1.55. The Labute approximate surface area is 173 Å². The molecule has 3 N–H and O–H groups in total. The number of methoxy groups -OCH3 is 1. The third-order valence-electron chi connectivity index (χ3n) is 4.95. The molecular formula is C23H31N3O3. The van der Waals surface area contributed by atoms with Crippen LogP contribution < -0.4 is 20.1 Å². The number of guanidine groups is 1. The van der Waals surface area contributed by atoms with Crippen molar-refractivity contribution in [1.29, 1.82) is 0 Å². The Morgan fingerprint density at radius 2 is 2.07 bits per heavy atom. The fraction of sp³-hybridized carbons (Fsp3) is 0.435. The molecule has 0 aliphatic carbocycles. The minimum absolute atomic E-state index is 0.126. The number of aromatic hydroxyl groups is 1. The standard InChI is InChI=1S/C23H31N3O3/c1-5-24-22(25-13-12-16-10-11-19(27)21(14-16)28-4)26-18-15-23(2,3)29-20-9-7-6-8-17(18)20/h6-11,14,18,27H,5,12-13,15H2,1-4H3,(H2,24,25,26). The Kier molecular flexibility index (Phi) is 6.52. The number of rotatable bonds is 6. The summed E-state index contributed by atoms with van der Waals surface area (Å²) < 4.78 is 11.3. The zero-order chi connectivity index (χ0) is 20.9. The van der Waals surface area contributed by atoms with Gasteiger partial charge < -0.3 is 25.2 Å². The van der Waals surface area contributed by atoms with Crippen LogP contribution in [0.1, 0.15) is 44.4 Å². The number of phenols is 1. The van der Waals surface area contributed by atoms with E-state index in [0.29, 0.717) is 12.3 Å². The minimum atomic E-state index is -0.244. The van der Waals surface area contributed by atoms with Crippen molar-refractivity contribution < 1.29 is 14.6 Å². The third-order valence-corrected chi connectivity index (χ3v) is 4.95. The van der Waals surface area contributed by atoms with Crippen LogP contribution in [0.4, 0.5) is 0 Å². The molecule has 29 heavy (non-hydrogen) atoms. The second kappa shape index (κ2) is 9.07. The van der Waals surface area contributed by atoms with Crippen LogP contribution in [0.2, 0.25) is 0 Å². The molecule has 1 heterocycles. The fourth-order valence-electron chi connectivity index (χ4n) is 3.59. The number of hydrogen-bond acceptors (Lipinski definition) is 4. The lowest BCUT2D eigenvalue weighted by molar-refractivity contribution is 0.0694. The zero-order valence-corrected chi connectivity index (χ0v) is 17.7. The second-order valence-electron chi connectivity index (χ2n) is 7.82. The SMILES string of the molecule is CCNC(=NCCc1ccc(O)c(OC)c1)NC1CC(C)(C)Oc2ccccc21. The number of benzene rings is 2. The summed E-state index contributed by atoms with van der Waals surface area (Å²) >= 11 is 0. The van der Waals surface area contributed by atoms with Gasteiger partial charge in [0.05, 0.1) is 13.2 Å². The highest BCUT2D eigenvalue weighted by molar-refractivity contribution is 5.80. The van der Waals surface area contributed by atoms with Gasteiger partial charge in [0.25, 0.3) is 0 Å². The number of aliphatic imine (C=N–C) groups is 1. The van der Waals surface area contributed by atoms with Gasteiger partial charge in [0.15, 0.2) is 17.5 Å². The molecule has 6 heteroatoms. The van der Waals surface area contributed by atoms with E-state index in [1.807, 2.05) is 30.3 Å². The second-order valence-corrected chi connectivity index (χ2v) is 7.82. The molecule has 0 bridgehead atoms. The molecule has 0 amide bonds. The Morgan fingerprint density at radius 1 is 1.28 bits per heavy atom. The topological polar surface area (TPSA) is 75.1 Å². The molecule has 1 unspecified atom stereocenters. The molecule has 0 saturated heterocycles. The summed E-state index contributed by atoms with van der Waals surface area (Å²) in [5, 5.41) is 16.7. The molecule has 6 nitrogen and oxygen atoms in total. The predicted molar refractivity (Wildman–Crippen MR) is 116 cm³/mol. The number of para-hydroxylation sites is 1. The maximum Gasteiger partial charge on any atom is 0.191 e. The van der Waals surface area contributed by atoms with E-state index in [-0.39, 0.29) is 17.4 Å². The van der Waals surface area contributed by atoms with E-state index >= 15 is 0 Å². The van der Waals surface area contributed by atoms with Gasteiger partial charge in [-0.3, -0.25) is 4.99 Å². The normalized spacial score (nSPS) is 17.8. The molecule has 1 atom stereocenters. The number of ether oxygens (including phenoxy) is 2. The van der Waals surface area contributed by atoms with E-state index in [1.54, 1.807) is 13.2 Å². The van der Waals surface area contributed by atoms with Crippen molar-refractivity contribution in [3.8, 4) is 17.2 Å². The van der Waals surface area contributed by atoms with Crippen molar-refractivity contribution in [1.82, 2.24) is 10.6 Å². The maximum absolute atomic E-state index is 9.74. The number of nitrogens with one attached hydrogen (secondary N) is 2. The molecule has 2 aromatic rings. The first-order valence-electron chi connectivity index (χ1n) is 10.1. The molecule has 156 valence electrons. The van der Waals surface area contributed by atoms with Gasteiger partial charge in [-0.2, -0.15) is 0 Å². The molecule has 0 spiro atoms. The molecule has 1 aliphatic rings. The van der Waals surface area contributed by atoms with Crippen LogP contribution in [0.15, 0.2) is 47.5 Å². The quantitative estimate of drug-likeness (QED) is 0.511. The summed E-state index contributed by atoms with van der Waals surface area (Å²) in [5.74, 6) is 2.34. The first kappa shape index (κ1) is 20.8. The van der Waals surface area contributed by atoms with Gasteiger partial charge in [0.2, 0.25) is 0 Å². The monoisotopic (exact) mass is 397 g/mol. The van der Waals surface area contributed by atoms with Gasteiger partial charge in [-0.1, -0.05) is 24.3 Å². The van der Waals surface area contributed by atoms with Crippen molar-refractivity contribution in [3.05, 3.63) is 53.6 Å². The van der Waals surface area contributed by atoms with Crippen molar-refractivity contribution >= 4 is 5.96 Å². The van der Waals surface area contributed by atoms with Crippen molar-refractivity contribution in [3.63, 3.8) is 0 Å². The van der Waals surface area contributed by atoms with Gasteiger partial charge in [-0.25, -0.2) is 0 Å². The Hall–Kier alpha value is -2.89. The summed E-state index contributed by atoms with van der Waals surface area (Å²) in [4.78, 5) is 4.75. The fourth-order valence-corrected chi connectivity index (χ4v) is 3.59. The molecule has 2 aromatic carbocycles. The summed E-state index contributed by atoms with van der Waals surface area (Å²) in [6, 6.07) is 13.7. The average molecular weight is 398 g/mol. The van der Waals surface area contributed by atoms with E-state index in [1.165, 1.54) is 0 Å². The third kappa shape index (κ3) is 5.34. The molecule has 1 aliphatic heterocycles. The highest BCUT2D eigenvalue weighted by atomic mass is 16.5. The van der Waals surface area contributed by atoms with Gasteiger partial charge in [0, 0.05) is 25.1 Å². The molecular weight excluding hydrogens is 366 g/mol. The Morgan fingerprint density at radius 3 is 2.83 bits per heavy atom. The Bertz CT molecular complexity index is 864. The molecule has 0 saturated carbocycles. The maximum atomic E-state index is 9.74. The number of fused-ring (bicyclic) bond motifs is 1. The van der Waals surface area contributed by atoms with Crippen LogP contribution in [0.3, 0.4) is 0 Å². The largest absolute Gasteiger partial charge is 0.504 e. The molecule has 0 fully saturated rings. The molecule has 3 rings (SSSR count). The van der Waals surface area contributed by atoms with Crippen molar-refractivity contribution in [2.45, 2.75) is 45.3 Å². The first-order valence-corrected chi connectivity index (χ1v) is 10.1. The number of nitrogens with zero attached hydrogens (tertiary/aromatic N) is 1. The summed E-state index contributed by atoms with van der Waals surface area (Å²) in [5.41, 5.74) is 1.98. The average Bonchev–Trinajstić information content (AvgIpc) is 2.68. The predicted octanol–water partition coefficient (Wildman–Crippen LogP) is 3.80. The Balaban J connectivity index is 1.71. The highest BCUT2D eigenvalue weighted by Gasteiger charge is 2.33. The first-order chi connectivity index (χ1) is 13.9. The lowest BCUT2D eigenvalue weighted by Crippen LogP contribution is -2.45. The van der Waals surface area contributed by atoms with Crippen molar-refractivity contribution in [2.75, 3.05) is 20.2 Å². The van der Waals surface area contributed by atoms with Crippen LogP contribution in [-0.4, -0.2) is 36.9 Å². The van der Waals surface area contributed by atoms with E-state index in [4.69, 9.17) is 14.5 Å². The molecule has 0 aromatic heterocycles. The summed E-state index contributed by atoms with van der Waals surface area (Å²) in [6.07, 6.45) is 1.60. The van der Waals surface area contributed by atoms with Crippen molar-refractivity contribution in [2.24, 2.45) is 4.99 Å². The lowest BCUT2D eigenvalue weighted by Gasteiger charge is -2.38. The van der Waals surface area contributed by atoms with E-state index < -0.39 is 0 Å². The van der Waals surface area contributed by atoms with Gasteiger partial charge >= 0.3 is 0 Å². The number of phenolic OH excluding ortho intramolecular Hbond substituents is 1. The number of hydrogen-bond donors (Lipinski definition) is 3. The highest BCUT2D eigenvalue weighted by Crippen LogP contribution is 2.39. The van der Waals surface area contributed by atoms with Crippen LogP contribution >= 0.6 is 0 Å². The smallest absolute Gasteiger partial charge is 0.191 e. The van der Waals surface area contributed by atoms with E-state index in [2.05, 4.69) is 37.5 Å². The molecule has 0 radical (unpaired) electrons. The van der Waals surface area contributed by atoms with E-state index in [0.717, 1.165) is 42.2 Å². The van der Waals surface area contributed by atoms with Gasteiger partial charge in [-0.15, -0.1) is 0 Å².